The minimum Gasteiger partial charge on any atom is -0.476 e. The molecular formula is C10H11N5O3S. The van der Waals surface area contributed by atoms with Gasteiger partial charge in [-0.05, 0) is 6.92 Å². The lowest BCUT2D eigenvalue weighted by atomic mass is 10.5. The Balaban J connectivity index is 1.92. The second-order valence-electron chi connectivity index (χ2n) is 3.71. The van der Waals surface area contributed by atoms with Gasteiger partial charge in [-0.2, -0.15) is 0 Å². The number of carboxylic acid groups (broad SMARTS) is 1. The third-order valence-corrected chi connectivity index (χ3v) is 3.02. The van der Waals surface area contributed by atoms with Gasteiger partial charge in [0.1, 0.15) is 0 Å². The van der Waals surface area contributed by atoms with Crippen molar-refractivity contribution in [1.82, 2.24) is 25.0 Å². The molecule has 0 atom stereocenters. The number of aromatic carboxylic acids is 1. The van der Waals surface area contributed by atoms with Crippen molar-refractivity contribution in [1.29, 1.82) is 0 Å². The number of aromatic amines is 1. The fourth-order valence-corrected chi connectivity index (χ4v) is 2.21. The molecule has 2 aromatic rings. The summed E-state index contributed by atoms with van der Waals surface area (Å²) >= 11 is 1.36. The highest BCUT2D eigenvalue weighted by Gasteiger charge is 2.08. The number of thioether (sulfide) groups is 1. The van der Waals surface area contributed by atoms with Crippen LogP contribution in [0, 0.1) is 6.92 Å². The Kier molecular flexibility index (Phi) is 3.95. The Morgan fingerprint density at radius 3 is 3.00 bits per heavy atom. The Hall–Kier alpha value is -2.16. The van der Waals surface area contributed by atoms with Gasteiger partial charge < -0.3 is 10.1 Å². The van der Waals surface area contributed by atoms with E-state index >= 15 is 0 Å². The van der Waals surface area contributed by atoms with E-state index in [1.807, 2.05) is 0 Å². The molecule has 0 aliphatic heterocycles. The van der Waals surface area contributed by atoms with Crippen LogP contribution >= 0.6 is 11.8 Å². The number of carbonyl (C=O) groups is 1. The van der Waals surface area contributed by atoms with Gasteiger partial charge in [0.2, 0.25) is 0 Å². The van der Waals surface area contributed by atoms with E-state index in [2.05, 4.69) is 20.3 Å². The molecule has 19 heavy (non-hydrogen) atoms. The number of hydrogen-bond acceptors (Lipinski definition) is 6. The topological polar surface area (TPSA) is 114 Å². The van der Waals surface area contributed by atoms with Gasteiger partial charge in [0, 0.05) is 17.5 Å². The first-order valence-corrected chi connectivity index (χ1v) is 6.37. The van der Waals surface area contributed by atoms with Crippen LogP contribution in [0.1, 0.15) is 16.2 Å². The molecular weight excluding hydrogens is 270 g/mol. The van der Waals surface area contributed by atoms with Crippen molar-refractivity contribution < 1.29 is 9.90 Å². The quantitative estimate of drug-likeness (QED) is 0.592. The van der Waals surface area contributed by atoms with Gasteiger partial charge in [0.25, 0.3) is 5.56 Å². The first kappa shape index (κ1) is 13.3. The molecule has 0 radical (unpaired) electrons. The highest BCUT2D eigenvalue weighted by Crippen LogP contribution is 2.11. The normalized spacial score (nSPS) is 10.6. The van der Waals surface area contributed by atoms with Crippen LogP contribution < -0.4 is 5.56 Å². The number of aromatic nitrogens is 5. The standard InChI is InChI=1S/C10H11N5O3S/c1-6-4-8(16)12-10(11-6)19-3-2-15-5-7(9(17)18)13-14-15/h4-5H,2-3H2,1H3,(H,17,18)(H,11,12,16). The largest absolute Gasteiger partial charge is 0.476 e. The molecule has 0 aromatic carbocycles. The summed E-state index contributed by atoms with van der Waals surface area (Å²) in [6.45, 7) is 2.22. The number of hydrogen-bond donors (Lipinski definition) is 2. The fourth-order valence-electron chi connectivity index (χ4n) is 1.36. The molecule has 0 spiro atoms. The van der Waals surface area contributed by atoms with Crippen LogP contribution in [0.15, 0.2) is 22.2 Å². The number of H-pyrrole nitrogens is 1. The molecule has 0 saturated heterocycles. The summed E-state index contributed by atoms with van der Waals surface area (Å²) in [4.78, 5) is 28.6. The van der Waals surface area contributed by atoms with Crippen LogP contribution in [0.2, 0.25) is 0 Å². The number of carboxylic acids is 1. The Bertz CT molecular complexity index is 651. The van der Waals surface area contributed by atoms with E-state index in [4.69, 9.17) is 5.11 Å². The second kappa shape index (κ2) is 5.65. The molecule has 2 rings (SSSR count). The Morgan fingerprint density at radius 1 is 1.58 bits per heavy atom. The fraction of sp³-hybridized carbons (Fsp3) is 0.300. The molecule has 0 saturated carbocycles. The van der Waals surface area contributed by atoms with E-state index in [0.717, 1.165) is 0 Å². The van der Waals surface area contributed by atoms with Crippen molar-refractivity contribution in [3.05, 3.63) is 34.0 Å². The summed E-state index contributed by atoms with van der Waals surface area (Å²) in [7, 11) is 0. The summed E-state index contributed by atoms with van der Waals surface area (Å²) in [5, 5.41) is 16.4. The van der Waals surface area contributed by atoms with Crippen LogP contribution in [0.4, 0.5) is 0 Å². The second-order valence-corrected chi connectivity index (χ2v) is 4.80. The van der Waals surface area contributed by atoms with Crippen molar-refractivity contribution in [2.45, 2.75) is 18.6 Å². The predicted octanol–water partition coefficient (Wildman–Crippen LogP) is 0.160. The molecule has 0 fully saturated rings. The van der Waals surface area contributed by atoms with Gasteiger partial charge in [0.05, 0.1) is 12.7 Å². The summed E-state index contributed by atoms with van der Waals surface area (Å²) in [5.41, 5.74) is 0.371. The minimum atomic E-state index is -1.11. The number of rotatable bonds is 5. The van der Waals surface area contributed by atoms with Gasteiger partial charge in [-0.3, -0.25) is 9.48 Å². The van der Waals surface area contributed by atoms with E-state index in [1.54, 1.807) is 6.92 Å². The molecule has 2 N–H and O–H groups in total. The van der Waals surface area contributed by atoms with Crippen molar-refractivity contribution in [3.63, 3.8) is 0 Å². The summed E-state index contributed by atoms with van der Waals surface area (Å²) in [6.07, 6.45) is 1.36. The SMILES string of the molecule is Cc1cc(=O)[nH]c(SCCn2cc(C(=O)O)nn2)n1. The summed E-state index contributed by atoms with van der Waals surface area (Å²) in [5.74, 6) is -0.516. The van der Waals surface area contributed by atoms with Crippen LogP contribution in [-0.2, 0) is 6.54 Å². The third kappa shape index (κ3) is 3.65. The Labute approximate surface area is 111 Å². The molecule has 0 aliphatic rings. The van der Waals surface area contributed by atoms with Gasteiger partial charge in [-0.1, -0.05) is 17.0 Å². The van der Waals surface area contributed by atoms with Crippen molar-refractivity contribution in [2.75, 3.05) is 5.75 Å². The number of nitrogens with one attached hydrogen (secondary N) is 1. The third-order valence-electron chi connectivity index (χ3n) is 2.16. The number of nitrogens with zero attached hydrogens (tertiary/aromatic N) is 4. The average Bonchev–Trinajstić information content (AvgIpc) is 2.76. The van der Waals surface area contributed by atoms with E-state index in [1.165, 1.54) is 28.7 Å². The average molecular weight is 281 g/mol. The molecule has 100 valence electrons. The predicted molar refractivity (Wildman–Crippen MR) is 67.3 cm³/mol. The number of aryl methyl sites for hydroxylation is 2. The van der Waals surface area contributed by atoms with Crippen LogP contribution in [0.3, 0.4) is 0 Å². The smallest absolute Gasteiger partial charge is 0.358 e. The van der Waals surface area contributed by atoms with Crippen molar-refractivity contribution in [3.8, 4) is 0 Å². The van der Waals surface area contributed by atoms with Crippen LogP contribution in [0.5, 0.6) is 0 Å². The zero-order valence-electron chi connectivity index (χ0n) is 10.0. The van der Waals surface area contributed by atoms with E-state index < -0.39 is 5.97 Å². The van der Waals surface area contributed by atoms with Crippen LogP contribution in [-0.4, -0.2) is 41.8 Å². The van der Waals surface area contributed by atoms with Crippen molar-refractivity contribution >= 4 is 17.7 Å². The van der Waals surface area contributed by atoms with Gasteiger partial charge in [-0.25, -0.2) is 9.78 Å². The highest BCUT2D eigenvalue weighted by molar-refractivity contribution is 7.99. The lowest BCUT2D eigenvalue weighted by Gasteiger charge is -2.01. The van der Waals surface area contributed by atoms with Gasteiger partial charge >= 0.3 is 5.97 Å². The molecule has 0 bridgehead atoms. The molecule has 9 heteroatoms. The summed E-state index contributed by atoms with van der Waals surface area (Å²) < 4.78 is 1.43. The molecule has 0 aliphatic carbocycles. The maximum atomic E-state index is 11.2. The first-order chi connectivity index (χ1) is 9.04. The Morgan fingerprint density at radius 2 is 2.37 bits per heavy atom. The zero-order valence-corrected chi connectivity index (χ0v) is 10.8. The van der Waals surface area contributed by atoms with Crippen LogP contribution in [0.25, 0.3) is 0 Å². The summed E-state index contributed by atoms with van der Waals surface area (Å²) in [6, 6.07) is 1.42. The van der Waals surface area contributed by atoms with E-state index in [-0.39, 0.29) is 11.3 Å². The monoisotopic (exact) mass is 281 g/mol. The van der Waals surface area contributed by atoms with Gasteiger partial charge in [0.15, 0.2) is 10.9 Å². The lowest BCUT2D eigenvalue weighted by molar-refractivity contribution is 0.0690. The molecule has 0 amide bonds. The van der Waals surface area contributed by atoms with Gasteiger partial charge in [-0.15, -0.1) is 5.10 Å². The van der Waals surface area contributed by atoms with E-state index in [9.17, 15) is 9.59 Å². The first-order valence-electron chi connectivity index (χ1n) is 5.39. The zero-order chi connectivity index (χ0) is 13.8. The lowest BCUT2D eigenvalue weighted by Crippen LogP contribution is -2.09. The van der Waals surface area contributed by atoms with E-state index in [0.29, 0.717) is 23.1 Å². The molecule has 8 nitrogen and oxygen atoms in total. The van der Waals surface area contributed by atoms with Crippen molar-refractivity contribution in [2.24, 2.45) is 0 Å². The molecule has 2 aromatic heterocycles. The molecule has 2 heterocycles. The molecule has 0 unspecified atom stereocenters. The maximum absolute atomic E-state index is 11.2. The maximum Gasteiger partial charge on any atom is 0.358 e. The minimum absolute atomic E-state index is 0.0907. The highest BCUT2D eigenvalue weighted by atomic mass is 32.2.